The summed E-state index contributed by atoms with van der Waals surface area (Å²) in [6.07, 6.45) is 12.8. The molecule has 5 nitrogen and oxygen atoms in total. The molecular weight excluding hydrogens is 362 g/mol. The highest BCUT2D eigenvalue weighted by Crippen LogP contribution is 2.32. The summed E-state index contributed by atoms with van der Waals surface area (Å²) >= 11 is 0. The van der Waals surface area contributed by atoms with E-state index in [4.69, 9.17) is 4.99 Å². The van der Waals surface area contributed by atoms with Crippen molar-refractivity contribution in [1.82, 2.24) is 5.32 Å². The van der Waals surface area contributed by atoms with Gasteiger partial charge < -0.3 is 10.6 Å². The molecule has 5 heteroatoms. The maximum absolute atomic E-state index is 12.8. The molecule has 1 heterocycles. The maximum Gasteiger partial charge on any atom is 0.269 e. The molecule has 2 N–H and O–H groups in total. The zero-order valence-corrected chi connectivity index (χ0v) is 17.3. The highest BCUT2D eigenvalue weighted by molar-refractivity contribution is 6.13. The van der Waals surface area contributed by atoms with Crippen LogP contribution >= 0.6 is 0 Å². The lowest BCUT2D eigenvalue weighted by Gasteiger charge is -2.24. The second-order valence-corrected chi connectivity index (χ2v) is 8.90. The highest BCUT2D eigenvalue weighted by atomic mass is 16.2. The lowest BCUT2D eigenvalue weighted by Crippen LogP contribution is -2.42. The van der Waals surface area contributed by atoms with E-state index >= 15 is 0 Å². The topological polar surface area (TPSA) is 70.6 Å². The SMILES string of the molecule is O=C(CCC1CCCCC1)NC1N=C(C2CCCCC2)c2ccccc2NC1=O. The number of amides is 2. The number of rotatable bonds is 5. The molecular formula is C24H33N3O2. The van der Waals surface area contributed by atoms with E-state index in [0.717, 1.165) is 36.2 Å². The molecule has 156 valence electrons. The van der Waals surface area contributed by atoms with Gasteiger partial charge in [-0.25, -0.2) is 0 Å². The summed E-state index contributed by atoms with van der Waals surface area (Å²) in [5.41, 5.74) is 2.80. The molecule has 3 aliphatic rings. The van der Waals surface area contributed by atoms with E-state index in [0.29, 0.717) is 18.3 Å². The Kier molecular flexibility index (Phi) is 6.63. The van der Waals surface area contributed by atoms with Crippen LogP contribution in [0.25, 0.3) is 0 Å². The number of fused-ring (bicyclic) bond motifs is 1. The van der Waals surface area contributed by atoms with Gasteiger partial charge in [-0.3, -0.25) is 14.6 Å². The van der Waals surface area contributed by atoms with Gasteiger partial charge in [0.05, 0.1) is 5.71 Å². The Morgan fingerprint density at radius 1 is 1.00 bits per heavy atom. The third-order valence-electron chi connectivity index (χ3n) is 6.77. The number of benzene rings is 1. The van der Waals surface area contributed by atoms with E-state index in [-0.39, 0.29) is 11.8 Å². The lowest BCUT2D eigenvalue weighted by molar-refractivity contribution is -0.126. The maximum atomic E-state index is 12.8. The minimum atomic E-state index is -0.835. The van der Waals surface area contributed by atoms with Crippen LogP contribution in [0.15, 0.2) is 29.3 Å². The van der Waals surface area contributed by atoms with E-state index in [1.165, 1.54) is 51.4 Å². The number of hydrogen-bond donors (Lipinski definition) is 2. The Hall–Kier alpha value is -2.17. The van der Waals surface area contributed by atoms with Crippen molar-refractivity contribution in [1.29, 1.82) is 0 Å². The fourth-order valence-corrected chi connectivity index (χ4v) is 5.12. The molecule has 1 aromatic rings. The van der Waals surface area contributed by atoms with Crippen LogP contribution in [-0.4, -0.2) is 23.7 Å². The van der Waals surface area contributed by atoms with E-state index in [9.17, 15) is 9.59 Å². The first-order valence-electron chi connectivity index (χ1n) is 11.5. The lowest BCUT2D eigenvalue weighted by atomic mass is 9.83. The summed E-state index contributed by atoms with van der Waals surface area (Å²) in [5.74, 6) is 0.713. The second-order valence-electron chi connectivity index (χ2n) is 8.90. The van der Waals surface area contributed by atoms with Crippen molar-refractivity contribution < 1.29 is 9.59 Å². The predicted octanol–water partition coefficient (Wildman–Crippen LogP) is 4.81. The summed E-state index contributed by atoms with van der Waals surface area (Å²) in [6, 6.07) is 7.89. The molecule has 0 spiro atoms. The molecule has 0 saturated heterocycles. The van der Waals surface area contributed by atoms with Crippen molar-refractivity contribution in [2.75, 3.05) is 5.32 Å². The molecule has 2 amide bonds. The quantitative estimate of drug-likeness (QED) is 0.751. The Bertz CT molecular complexity index is 761. The van der Waals surface area contributed by atoms with Crippen LogP contribution < -0.4 is 10.6 Å². The summed E-state index contributed by atoms with van der Waals surface area (Å²) in [7, 11) is 0. The molecule has 1 aliphatic heterocycles. The minimum Gasteiger partial charge on any atom is -0.327 e. The van der Waals surface area contributed by atoms with Gasteiger partial charge in [0.25, 0.3) is 5.91 Å². The van der Waals surface area contributed by atoms with Gasteiger partial charge in [0, 0.05) is 23.6 Å². The van der Waals surface area contributed by atoms with Gasteiger partial charge in [0.2, 0.25) is 12.1 Å². The van der Waals surface area contributed by atoms with Crippen LogP contribution in [0, 0.1) is 11.8 Å². The standard InChI is InChI=1S/C24H33N3O2/c28-21(16-15-17-9-3-1-4-10-17)26-23-24(29)25-20-14-8-7-13-19(20)22(27-23)18-11-5-2-6-12-18/h7-8,13-14,17-18,23H,1-6,9-12,15-16H2,(H,25,29)(H,26,28). The van der Waals surface area contributed by atoms with E-state index in [1.54, 1.807) is 0 Å². The van der Waals surface area contributed by atoms with Crippen molar-refractivity contribution in [3.8, 4) is 0 Å². The number of carbonyl (C=O) groups is 2. The zero-order valence-electron chi connectivity index (χ0n) is 17.3. The van der Waals surface area contributed by atoms with E-state index in [2.05, 4.69) is 10.6 Å². The molecule has 0 aromatic heterocycles. The summed E-state index contributed by atoms with van der Waals surface area (Å²) in [6.45, 7) is 0. The number of nitrogens with zero attached hydrogens (tertiary/aromatic N) is 1. The van der Waals surface area contributed by atoms with Crippen LogP contribution in [0.1, 0.15) is 82.6 Å². The van der Waals surface area contributed by atoms with Crippen molar-refractivity contribution in [3.63, 3.8) is 0 Å². The number of anilines is 1. The van der Waals surface area contributed by atoms with Gasteiger partial charge in [0.15, 0.2) is 0 Å². The molecule has 1 atom stereocenters. The third kappa shape index (κ3) is 5.06. The predicted molar refractivity (Wildman–Crippen MR) is 116 cm³/mol. The number of carbonyl (C=O) groups excluding carboxylic acids is 2. The molecule has 4 rings (SSSR count). The number of hydrogen-bond acceptors (Lipinski definition) is 3. The average molecular weight is 396 g/mol. The number of benzodiazepines with no additional fused rings is 1. The van der Waals surface area contributed by atoms with Gasteiger partial charge in [-0.1, -0.05) is 69.6 Å². The monoisotopic (exact) mass is 395 g/mol. The van der Waals surface area contributed by atoms with Crippen LogP contribution in [0.5, 0.6) is 0 Å². The highest BCUT2D eigenvalue weighted by Gasteiger charge is 2.30. The fourth-order valence-electron chi connectivity index (χ4n) is 5.12. The molecule has 0 bridgehead atoms. The number of para-hydroxylation sites is 1. The van der Waals surface area contributed by atoms with E-state index < -0.39 is 6.17 Å². The van der Waals surface area contributed by atoms with Gasteiger partial charge >= 0.3 is 0 Å². The summed E-state index contributed by atoms with van der Waals surface area (Å²) < 4.78 is 0. The Balaban J connectivity index is 1.48. The largest absolute Gasteiger partial charge is 0.327 e. The molecule has 29 heavy (non-hydrogen) atoms. The molecule has 2 saturated carbocycles. The normalized spacial score (nSPS) is 23.5. The van der Waals surface area contributed by atoms with Crippen molar-refractivity contribution in [2.45, 2.75) is 83.2 Å². The number of nitrogens with one attached hydrogen (secondary N) is 2. The average Bonchev–Trinajstić information content (AvgIpc) is 2.90. The summed E-state index contributed by atoms with van der Waals surface area (Å²) in [4.78, 5) is 30.3. The first-order chi connectivity index (χ1) is 14.2. The number of aliphatic imine (C=N–C) groups is 1. The minimum absolute atomic E-state index is 0.0616. The van der Waals surface area contributed by atoms with Crippen molar-refractivity contribution in [2.24, 2.45) is 16.8 Å². The van der Waals surface area contributed by atoms with Gasteiger partial charge in [-0.15, -0.1) is 0 Å². The van der Waals surface area contributed by atoms with Crippen molar-refractivity contribution >= 4 is 23.2 Å². The van der Waals surface area contributed by atoms with Gasteiger partial charge in [0.1, 0.15) is 0 Å². The molecule has 1 aromatic carbocycles. The van der Waals surface area contributed by atoms with Gasteiger partial charge in [-0.05, 0) is 31.2 Å². The third-order valence-corrected chi connectivity index (χ3v) is 6.77. The Morgan fingerprint density at radius 3 is 2.45 bits per heavy atom. The first kappa shape index (κ1) is 20.1. The second kappa shape index (κ2) is 9.55. The fraction of sp³-hybridized carbons (Fsp3) is 0.625. The van der Waals surface area contributed by atoms with E-state index in [1.807, 2.05) is 24.3 Å². The van der Waals surface area contributed by atoms with Crippen molar-refractivity contribution in [3.05, 3.63) is 29.8 Å². The summed E-state index contributed by atoms with van der Waals surface area (Å²) in [5, 5.41) is 5.90. The van der Waals surface area contributed by atoms with Crippen LogP contribution in [0.2, 0.25) is 0 Å². The molecule has 2 fully saturated rings. The Morgan fingerprint density at radius 2 is 1.69 bits per heavy atom. The van der Waals surface area contributed by atoms with Crippen LogP contribution in [0.3, 0.4) is 0 Å². The smallest absolute Gasteiger partial charge is 0.269 e. The van der Waals surface area contributed by atoms with Crippen LogP contribution in [0.4, 0.5) is 5.69 Å². The Labute approximate surface area is 173 Å². The molecule has 1 unspecified atom stereocenters. The zero-order chi connectivity index (χ0) is 20.1. The first-order valence-corrected chi connectivity index (χ1v) is 11.5. The van der Waals surface area contributed by atoms with Crippen LogP contribution in [-0.2, 0) is 9.59 Å². The molecule has 0 radical (unpaired) electrons. The molecule has 2 aliphatic carbocycles. The van der Waals surface area contributed by atoms with Gasteiger partial charge in [-0.2, -0.15) is 0 Å².